The van der Waals surface area contributed by atoms with Gasteiger partial charge in [-0.05, 0) is 80.5 Å². The summed E-state index contributed by atoms with van der Waals surface area (Å²) in [7, 11) is -3.42. The molecule has 1 saturated carbocycles. The number of amides is 1. The van der Waals surface area contributed by atoms with Gasteiger partial charge in [-0.2, -0.15) is 0 Å². The second-order valence-corrected chi connectivity index (χ2v) is 9.96. The molecule has 0 atom stereocenters. The van der Waals surface area contributed by atoms with Crippen LogP contribution < -0.4 is 14.4 Å². The number of nitrogens with one attached hydrogen (secondary N) is 1. The predicted octanol–water partition coefficient (Wildman–Crippen LogP) is 4.76. The first-order valence-corrected chi connectivity index (χ1v) is 12.8. The van der Waals surface area contributed by atoms with Crippen LogP contribution in [0.25, 0.3) is 0 Å². The van der Waals surface area contributed by atoms with Crippen molar-refractivity contribution in [2.24, 2.45) is 0 Å². The van der Waals surface area contributed by atoms with Gasteiger partial charge in [0.05, 0.1) is 18.0 Å². The Morgan fingerprint density at radius 2 is 1.71 bits per heavy atom. The fourth-order valence-corrected chi connectivity index (χ4v) is 4.77. The Bertz CT molecular complexity index is 950. The summed E-state index contributed by atoms with van der Waals surface area (Å²) in [6.07, 6.45) is 7.70. The van der Waals surface area contributed by atoms with E-state index in [1.807, 2.05) is 48.5 Å². The van der Waals surface area contributed by atoms with Crippen molar-refractivity contribution < 1.29 is 17.9 Å². The van der Waals surface area contributed by atoms with Crippen LogP contribution in [0.4, 0.5) is 11.4 Å². The zero-order valence-electron chi connectivity index (χ0n) is 18.3. The number of aryl methyl sites for hydroxylation is 1. The lowest BCUT2D eigenvalue weighted by molar-refractivity contribution is -0.116. The highest BCUT2D eigenvalue weighted by Gasteiger charge is 2.18. The van der Waals surface area contributed by atoms with E-state index in [4.69, 9.17) is 4.74 Å². The molecular formula is C24H32N2O4S. The summed E-state index contributed by atoms with van der Waals surface area (Å²) < 4.78 is 31.7. The number of hydrogen-bond acceptors (Lipinski definition) is 4. The zero-order chi connectivity index (χ0) is 22.3. The van der Waals surface area contributed by atoms with E-state index in [-0.39, 0.29) is 18.9 Å². The molecule has 0 aromatic heterocycles. The van der Waals surface area contributed by atoms with E-state index < -0.39 is 10.0 Å². The van der Waals surface area contributed by atoms with Crippen molar-refractivity contribution in [3.63, 3.8) is 0 Å². The van der Waals surface area contributed by atoms with Gasteiger partial charge >= 0.3 is 0 Å². The van der Waals surface area contributed by atoms with Gasteiger partial charge in [0.1, 0.15) is 5.75 Å². The van der Waals surface area contributed by atoms with E-state index >= 15 is 0 Å². The quantitative estimate of drug-likeness (QED) is 0.573. The lowest BCUT2D eigenvalue weighted by Gasteiger charge is -2.22. The second-order valence-electron chi connectivity index (χ2n) is 8.06. The smallest absolute Gasteiger partial charge is 0.232 e. The molecule has 0 saturated heterocycles. The van der Waals surface area contributed by atoms with Crippen molar-refractivity contribution in [3.8, 4) is 5.75 Å². The van der Waals surface area contributed by atoms with Crippen LogP contribution in [-0.2, 0) is 21.2 Å². The number of benzene rings is 2. The number of sulfonamides is 1. The van der Waals surface area contributed by atoms with Crippen LogP contribution in [0.2, 0.25) is 0 Å². The molecule has 31 heavy (non-hydrogen) atoms. The van der Waals surface area contributed by atoms with Crippen molar-refractivity contribution in [1.82, 2.24) is 0 Å². The molecule has 1 fully saturated rings. The lowest BCUT2D eigenvalue weighted by atomic mass is 10.1. The molecule has 7 heteroatoms. The molecule has 0 radical (unpaired) electrons. The number of carbonyl (C=O) groups excluding carboxylic acids is 1. The number of ether oxygens (including phenoxy) is 1. The molecule has 3 rings (SSSR count). The predicted molar refractivity (Wildman–Crippen MR) is 125 cm³/mol. The van der Waals surface area contributed by atoms with Crippen LogP contribution in [-0.4, -0.2) is 33.2 Å². The van der Waals surface area contributed by atoms with Crippen molar-refractivity contribution in [2.75, 3.05) is 22.4 Å². The van der Waals surface area contributed by atoms with Crippen LogP contribution in [0.15, 0.2) is 48.5 Å². The Balaban J connectivity index is 1.49. The van der Waals surface area contributed by atoms with Crippen LogP contribution in [0, 0.1) is 0 Å². The average molecular weight is 445 g/mol. The molecule has 0 bridgehead atoms. The third-order valence-corrected chi connectivity index (χ3v) is 6.74. The standard InChI is InChI=1S/C24H32N2O4S/c1-3-19-10-14-21(15-11-19)26(31(2,28)29)18-6-9-24(27)25-20-12-16-23(17-13-20)30-22-7-4-5-8-22/h10-17,22H,3-9,18H2,1-2H3,(H,25,27). The Morgan fingerprint density at radius 1 is 1.06 bits per heavy atom. The maximum Gasteiger partial charge on any atom is 0.232 e. The van der Waals surface area contributed by atoms with Gasteiger partial charge in [-0.15, -0.1) is 0 Å². The lowest BCUT2D eigenvalue weighted by Crippen LogP contribution is -2.31. The van der Waals surface area contributed by atoms with E-state index in [0.29, 0.717) is 23.9 Å². The Labute approximate surface area is 185 Å². The maximum absolute atomic E-state index is 12.3. The first kappa shape index (κ1) is 23.1. The van der Waals surface area contributed by atoms with E-state index in [9.17, 15) is 13.2 Å². The molecule has 1 amide bonds. The summed E-state index contributed by atoms with van der Waals surface area (Å²) in [5, 5.41) is 2.87. The van der Waals surface area contributed by atoms with Crippen LogP contribution in [0.3, 0.4) is 0 Å². The summed E-state index contributed by atoms with van der Waals surface area (Å²) in [6.45, 7) is 2.31. The van der Waals surface area contributed by atoms with Crippen LogP contribution in [0.5, 0.6) is 5.75 Å². The summed E-state index contributed by atoms with van der Waals surface area (Å²) >= 11 is 0. The number of hydrogen-bond donors (Lipinski definition) is 1. The van der Waals surface area contributed by atoms with Gasteiger partial charge in [-0.3, -0.25) is 9.10 Å². The molecule has 2 aromatic carbocycles. The SMILES string of the molecule is CCc1ccc(N(CCCC(=O)Nc2ccc(OC3CCCC3)cc2)S(C)(=O)=O)cc1. The van der Waals surface area contributed by atoms with Crippen molar-refractivity contribution in [3.05, 3.63) is 54.1 Å². The molecular weight excluding hydrogens is 412 g/mol. The summed E-state index contributed by atoms with van der Waals surface area (Å²) in [4.78, 5) is 12.3. The minimum atomic E-state index is -3.42. The minimum Gasteiger partial charge on any atom is -0.490 e. The van der Waals surface area contributed by atoms with Crippen molar-refractivity contribution in [1.29, 1.82) is 0 Å². The Hall–Kier alpha value is -2.54. The van der Waals surface area contributed by atoms with Gasteiger partial charge in [0.15, 0.2) is 0 Å². The molecule has 0 unspecified atom stereocenters. The molecule has 0 spiro atoms. The Kier molecular flexibility index (Phi) is 7.96. The molecule has 2 aromatic rings. The molecule has 0 aliphatic heterocycles. The van der Waals surface area contributed by atoms with Gasteiger partial charge in [0, 0.05) is 18.7 Å². The van der Waals surface area contributed by atoms with Gasteiger partial charge < -0.3 is 10.1 Å². The van der Waals surface area contributed by atoms with Gasteiger partial charge in [-0.1, -0.05) is 19.1 Å². The summed E-state index contributed by atoms with van der Waals surface area (Å²) in [5.74, 6) is 0.682. The molecule has 1 aliphatic carbocycles. The van der Waals surface area contributed by atoms with E-state index in [2.05, 4.69) is 12.2 Å². The van der Waals surface area contributed by atoms with E-state index in [0.717, 1.165) is 30.6 Å². The number of rotatable bonds is 10. The first-order chi connectivity index (χ1) is 14.8. The molecule has 6 nitrogen and oxygen atoms in total. The molecule has 168 valence electrons. The monoisotopic (exact) mass is 444 g/mol. The highest BCUT2D eigenvalue weighted by atomic mass is 32.2. The largest absolute Gasteiger partial charge is 0.490 e. The highest BCUT2D eigenvalue weighted by Crippen LogP contribution is 2.25. The third kappa shape index (κ3) is 6.99. The van der Waals surface area contributed by atoms with E-state index in [1.54, 1.807) is 0 Å². The van der Waals surface area contributed by atoms with Crippen LogP contribution >= 0.6 is 0 Å². The fraction of sp³-hybridized carbons (Fsp3) is 0.458. The fourth-order valence-electron chi connectivity index (χ4n) is 3.81. The van der Waals surface area contributed by atoms with Gasteiger partial charge in [0.2, 0.25) is 15.9 Å². The second kappa shape index (κ2) is 10.7. The average Bonchev–Trinajstić information content (AvgIpc) is 3.25. The van der Waals surface area contributed by atoms with Gasteiger partial charge in [0.25, 0.3) is 0 Å². The molecule has 1 N–H and O–H groups in total. The zero-order valence-corrected chi connectivity index (χ0v) is 19.2. The highest BCUT2D eigenvalue weighted by molar-refractivity contribution is 7.92. The molecule has 1 aliphatic rings. The first-order valence-electron chi connectivity index (χ1n) is 11.0. The third-order valence-electron chi connectivity index (χ3n) is 5.54. The van der Waals surface area contributed by atoms with Gasteiger partial charge in [-0.25, -0.2) is 8.42 Å². The topological polar surface area (TPSA) is 75.7 Å². The van der Waals surface area contributed by atoms with Crippen molar-refractivity contribution in [2.45, 2.75) is 58.0 Å². The minimum absolute atomic E-state index is 0.140. The summed E-state index contributed by atoms with van der Waals surface area (Å²) in [5.41, 5.74) is 2.48. The van der Waals surface area contributed by atoms with E-state index in [1.165, 1.54) is 23.4 Å². The summed E-state index contributed by atoms with van der Waals surface area (Å²) in [6, 6.07) is 14.9. The Morgan fingerprint density at radius 3 is 2.29 bits per heavy atom. The number of anilines is 2. The number of carbonyl (C=O) groups is 1. The number of nitrogens with zero attached hydrogens (tertiary/aromatic N) is 1. The van der Waals surface area contributed by atoms with Crippen molar-refractivity contribution >= 4 is 27.3 Å². The normalized spacial score (nSPS) is 14.4. The van der Waals surface area contributed by atoms with Crippen LogP contribution in [0.1, 0.15) is 51.0 Å². The molecule has 0 heterocycles. The maximum atomic E-state index is 12.3.